The first-order valence-corrected chi connectivity index (χ1v) is 6.22. The van der Waals surface area contributed by atoms with Crippen LogP contribution in [0.3, 0.4) is 0 Å². The van der Waals surface area contributed by atoms with Crippen LogP contribution in [-0.2, 0) is 9.53 Å². The highest BCUT2D eigenvalue weighted by Crippen LogP contribution is 2.69. The summed E-state index contributed by atoms with van der Waals surface area (Å²) in [4.78, 5) is 12.0. The zero-order chi connectivity index (χ0) is 12.5. The van der Waals surface area contributed by atoms with Crippen LogP contribution in [0.2, 0.25) is 0 Å². The van der Waals surface area contributed by atoms with Crippen LogP contribution in [0.15, 0.2) is 0 Å². The van der Waals surface area contributed by atoms with Crippen molar-refractivity contribution < 1.29 is 19.0 Å². The summed E-state index contributed by atoms with van der Waals surface area (Å²) in [6.45, 7) is 1.99. The molecule has 0 spiro atoms. The van der Waals surface area contributed by atoms with Gasteiger partial charge in [0.1, 0.15) is 5.67 Å². The molecule has 0 amide bonds. The van der Waals surface area contributed by atoms with E-state index in [0.717, 1.165) is 0 Å². The highest BCUT2D eigenvalue weighted by molar-refractivity contribution is 5.78. The molecule has 0 saturated heterocycles. The van der Waals surface area contributed by atoms with Gasteiger partial charge in [0.15, 0.2) is 0 Å². The number of hydrogen-bond donors (Lipinski definition) is 1. The van der Waals surface area contributed by atoms with Gasteiger partial charge in [-0.25, -0.2) is 4.39 Å². The Morgan fingerprint density at radius 1 is 1.18 bits per heavy atom. The van der Waals surface area contributed by atoms with Crippen molar-refractivity contribution in [2.24, 2.45) is 10.8 Å². The summed E-state index contributed by atoms with van der Waals surface area (Å²) >= 11 is 0. The van der Waals surface area contributed by atoms with Crippen LogP contribution in [0, 0.1) is 10.8 Å². The molecule has 0 radical (unpaired) electrons. The molecule has 4 saturated carbocycles. The average molecular weight is 242 g/mol. The number of methoxy groups -OCH3 is 1. The topological polar surface area (TPSA) is 46.5 Å². The van der Waals surface area contributed by atoms with Gasteiger partial charge in [0.05, 0.1) is 18.1 Å². The van der Waals surface area contributed by atoms with E-state index in [1.165, 1.54) is 7.11 Å². The number of aliphatic hydroxyl groups is 1. The van der Waals surface area contributed by atoms with Crippen molar-refractivity contribution in [3.05, 3.63) is 0 Å². The van der Waals surface area contributed by atoms with E-state index < -0.39 is 16.7 Å². The van der Waals surface area contributed by atoms with E-state index in [0.29, 0.717) is 25.7 Å². The molecule has 0 aromatic carbocycles. The largest absolute Gasteiger partial charge is 0.469 e. The number of ether oxygens (including phenoxy) is 1. The maximum absolute atomic E-state index is 14.7. The first kappa shape index (κ1) is 11.5. The molecule has 0 aromatic heterocycles. The molecule has 0 heterocycles. The molecule has 17 heavy (non-hydrogen) atoms. The van der Waals surface area contributed by atoms with Crippen molar-refractivity contribution in [3.8, 4) is 0 Å². The molecular weight excluding hydrogens is 223 g/mol. The van der Waals surface area contributed by atoms with Gasteiger partial charge in [-0.1, -0.05) is 6.92 Å². The smallest absolute Gasteiger partial charge is 0.312 e. The fraction of sp³-hybridized carbons (Fsp3) is 0.923. The van der Waals surface area contributed by atoms with Gasteiger partial charge >= 0.3 is 5.97 Å². The number of hydrogen-bond acceptors (Lipinski definition) is 3. The third-order valence-corrected chi connectivity index (χ3v) is 4.85. The Morgan fingerprint density at radius 3 is 2.41 bits per heavy atom. The molecule has 4 aliphatic carbocycles. The molecule has 4 atom stereocenters. The summed E-state index contributed by atoms with van der Waals surface area (Å²) in [5.41, 5.74) is -3.44. The Morgan fingerprint density at radius 2 is 1.88 bits per heavy atom. The lowest BCUT2D eigenvalue weighted by molar-refractivity contribution is -0.239. The average Bonchev–Trinajstić information content (AvgIpc) is 2.08. The first-order valence-electron chi connectivity index (χ1n) is 6.22. The zero-order valence-corrected chi connectivity index (χ0v) is 10.4. The Labute approximate surface area is 100 Å². The van der Waals surface area contributed by atoms with Crippen LogP contribution in [0.1, 0.15) is 45.4 Å². The summed E-state index contributed by atoms with van der Waals surface area (Å²) in [5.74, 6) is -0.344. The third kappa shape index (κ3) is 1.46. The molecule has 4 aliphatic rings. The maximum Gasteiger partial charge on any atom is 0.312 e. The predicted molar refractivity (Wildman–Crippen MR) is 59.0 cm³/mol. The van der Waals surface area contributed by atoms with Crippen molar-refractivity contribution in [1.29, 1.82) is 0 Å². The molecule has 1 N–H and O–H groups in total. The van der Waals surface area contributed by atoms with E-state index in [1.807, 2.05) is 6.92 Å². The van der Waals surface area contributed by atoms with E-state index in [1.54, 1.807) is 0 Å². The van der Waals surface area contributed by atoms with Gasteiger partial charge < -0.3 is 9.84 Å². The molecule has 0 aliphatic heterocycles. The molecule has 96 valence electrons. The highest BCUT2D eigenvalue weighted by Gasteiger charge is 2.70. The lowest BCUT2D eigenvalue weighted by atomic mass is 9.42. The van der Waals surface area contributed by atoms with E-state index in [-0.39, 0.29) is 24.2 Å². The summed E-state index contributed by atoms with van der Waals surface area (Å²) < 4.78 is 19.6. The summed E-state index contributed by atoms with van der Waals surface area (Å²) in [6, 6.07) is 0. The Bertz CT molecular complexity index is 339. The molecule has 4 rings (SSSR count). The van der Waals surface area contributed by atoms with E-state index >= 15 is 0 Å². The normalized spacial score (nSPS) is 56.0. The summed E-state index contributed by atoms with van der Waals surface area (Å²) in [7, 11) is 1.35. The summed E-state index contributed by atoms with van der Waals surface area (Å²) in [5, 5.41) is 10.5. The molecule has 4 fully saturated rings. The van der Waals surface area contributed by atoms with Gasteiger partial charge in [-0.15, -0.1) is 0 Å². The van der Waals surface area contributed by atoms with Crippen molar-refractivity contribution >= 4 is 5.97 Å². The Kier molecular flexibility index (Phi) is 1.92. The van der Waals surface area contributed by atoms with Crippen molar-refractivity contribution in [2.75, 3.05) is 7.11 Å². The Balaban J connectivity index is 2.07. The fourth-order valence-electron chi connectivity index (χ4n) is 5.39. The number of esters is 1. The van der Waals surface area contributed by atoms with Gasteiger partial charge in [0.25, 0.3) is 0 Å². The lowest BCUT2D eigenvalue weighted by Gasteiger charge is -2.64. The minimum Gasteiger partial charge on any atom is -0.469 e. The van der Waals surface area contributed by atoms with Gasteiger partial charge in [-0.2, -0.15) is 0 Å². The van der Waals surface area contributed by atoms with E-state index in [9.17, 15) is 14.3 Å². The number of rotatable bonds is 1. The van der Waals surface area contributed by atoms with Crippen molar-refractivity contribution in [3.63, 3.8) is 0 Å². The van der Waals surface area contributed by atoms with Crippen molar-refractivity contribution in [2.45, 2.75) is 56.7 Å². The van der Waals surface area contributed by atoms with Crippen LogP contribution in [-0.4, -0.2) is 29.5 Å². The number of carbonyl (C=O) groups excluding carboxylic acids is 1. The Hall–Kier alpha value is -0.640. The molecule has 4 unspecified atom stereocenters. The molecular formula is C13H19FO3. The van der Waals surface area contributed by atoms with E-state index in [2.05, 4.69) is 0 Å². The van der Waals surface area contributed by atoms with Gasteiger partial charge in [-0.05, 0) is 37.5 Å². The lowest BCUT2D eigenvalue weighted by Crippen LogP contribution is -2.66. The number of halogens is 1. The molecule has 0 aromatic rings. The van der Waals surface area contributed by atoms with Crippen LogP contribution in [0.5, 0.6) is 0 Å². The second-order valence-electron chi connectivity index (χ2n) is 7.02. The monoisotopic (exact) mass is 242 g/mol. The van der Waals surface area contributed by atoms with Crippen LogP contribution < -0.4 is 0 Å². The first-order chi connectivity index (χ1) is 7.72. The second-order valence-corrected chi connectivity index (χ2v) is 7.02. The fourth-order valence-corrected chi connectivity index (χ4v) is 5.39. The maximum atomic E-state index is 14.7. The van der Waals surface area contributed by atoms with Crippen LogP contribution in [0.25, 0.3) is 0 Å². The minimum atomic E-state index is -1.38. The zero-order valence-electron chi connectivity index (χ0n) is 10.4. The molecule has 4 bridgehead atoms. The van der Waals surface area contributed by atoms with Gasteiger partial charge in [-0.3, -0.25) is 4.79 Å². The minimum absolute atomic E-state index is 0.189. The van der Waals surface area contributed by atoms with E-state index in [4.69, 9.17) is 4.74 Å². The third-order valence-electron chi connectivity index (χ3n) is 4.85. The standard InChI is InChI=1S/C13H19FO3/c1-10-3-11(9(15)17-2)6-12(14,4-10)8-13(16,5-10)7-11/h16H,3-8H2,1-2H3. The van der Waals surface area contributed by atoms with Crippen molar-refractivity contribution in [1.82, 2.24) is 0 Å². The SMILES string of the molecule is COC(=O)C12CC3(C)CC(O)(CC(F)(C3)C1)C2. The molecule has 4 heteroatoms. The summed E-state index contributed by atoms with van der Waals surface area (Å²) in [6.07, 6.45) is 2.53. The molecule has 3 nitrogen and oxygen atoms in total. The highest BCUT2D eigenvalue weighted by atomic mass is 19.1. The predicted octanol–water partition coefficient (Wildman–Crippen LogP) is 1.97. The van der Waals surface area contributed by atoms with Gasteiger partial charge in [0.2, 0.25) is 0 Å². The van der Waals surface area contributed by atoms with Gasteiger partial charge in [0, 0.05) is 6.42 Å². The second kappa shape index (κ2) is 2.85. The van der Waals surface area contributed by atoms with Crippen LogP contribution in [0.4, 0.5) is 4.39 Å². The number of alkyl halides is 1. The van der Waals surface area contributed by atoms with Crippen LogP contribution >= 0.6 is 0 Å². The number of carbonyl (C=O) groups is 1. The quantitative estimate of drug-likeness (QED) is 0.715.